The third-order valence-electron chi connectivity index (χ3n) is 3.00. The number of rotatable bonds is 3. The molecule has 98 valence electrons. The van der Waals surface area contributed by atoms with Crippen molar-refractivity contribution in [3.05, 3.63) is 57.8 Å². The van der Waals surface area contributed by atoms with Crippen molar-refractivity contribution >= 4 is 23.5 Å². The maximum Gasteiger partial charge on any atom is 0.255 e. The van der Waals surface area contributed by atoms with E-state index in [-0.39, 0.29) is 5.56 Å². The number of benzene rings is 1. The molecule has 3 rings (SSSR count). The van der Waals surface area contributed by atoms with Gasteiger partial charge in [0, 0.05) is 16.2 Å². The summed E-state index contributed by atoms with van der Waals surface area (Å²) in [5.41, 5.74) is 1.90. The molecule has 0 amide bonds. The average Bonchev–Trinajstić information content (AvgIpc) is 2.46. The highest BCUT2D eigenvalue weighted by Crippen LogP contribution is 2.23. The van der Waals surface area contributed by atoms with E-state index in [1.54, 1.807) is 23.5 Å². The van der Waals surface area contributed by atoms with Crippen LogP contribution in [0.5, 0.6) is 0 Å². The molecule has 1 aliphatic heterocycles. The molecule has 2 aromatic rings. The lowest BCUT2D eigenvalue weighted by Crippen LogP contribution is -2.22. The van der Waals surface area contributed by atoms with E-state index in [4.69, 9.17) is 0 Å². The Kier molecular flexibility index (Phi) is 3.94. The highest BCUT2D eigenvalue weighted by molar-refractivity contribution is 7.98. The number of aryl methyl sites for hydroxylation is 1. The Labute approximate surface area is 120 Å². The SMILES string of the molecule is O=c1[nH]c(CSc2ccccc2)nc2c1CSCC2. The van der Waals surface area contributed by atoms with Gasteiger partial charge in [-0.25, -0.2) is 4.98 Å². The number of hydrogen-bond donors (Lipinski definition) is 1. The quantitative estimate of drug-likeness (QED) is 0.883. The molecule has 0 spiro atoms. The van der Waals surface area contributed by atoms with Crippen LogP contribution in [0.2, 0.25) is 0 Å². The zero-order valence-electron chi connectivity index (χ0n) is 10.4. The smallest absolute Gasteiger partial charge is 0.255 e. The number of hydrogen-bond acceptors (Lipinski definition) is 4. The standard InChI is InChI=1S/C14H14N2OS2/c17-14-11-8-18-7-6-12(11)15-13(16-14)9-19-10-4-2-1-3-5-10/h1-5H,6-9H2,(H,15,16,17). The Bertz CT molecular complexity index is 625. The molecule has 2 heterocycles. The normalized spacial score (nSPS) is 14.1. The number of aromatic nitrogens is 2. The van der Waals surface area contributed by atoms with Crippen molar-refractivity contribution in [1.82, 2.24) is 9.97 Å². The van der Waals surface area contributed by atoms with Gasteiger partial charge in [-0.2, -0.15) is 11.8 Å². The summed E-state index contributed by atoms with van der Waals surface area (Å²) in [6.07, 6.45) is 0.910. The highest BCUT2D eigenvalue weighted by Gasteiger charge is 2.15. The summed E-state index contributed by atoms with van der Waals surface area (Å²) in [5, 5.41) is 0. The van der Waals surface area contributed by atoms with Crippen LogP contribution in [-0.2, 0) is 17.9 Å². The third-order valence-corrected chi connectivity index (χ3v) is 5.01. The number of thioether (sulfide) groups is 2. The van der Waals surface area contributed by atoms with Crippen LogP contribution in [0.15, 0.2) is 40.0 Å². The minimum absolute atomic E-state index is 0.0425. The summed E-state index contributed by atoms with van der Waals surface area (Å²) in [7, 11) is 0. The van der Waals surface area contributed by atoms with E-state index < -0.39 is 0 Å². The van der Waals surface area contributed by atoms with Crippen molar-refractivity contribution in [2.24, 2.45) is 0 Å². The van der Waals surface area contributed by atoms with Gasteiger partial charge in [0.25, 0.3) is 5.56 Å². The fourth-order valence-electron chi connectivity index (χ4n) is 2.03. The van der Waals surface area contributed by atoms with Gasteiger partial charge in [-0.05, 0) is 24.3 Å². The van der Waals surface area contributed by atoms with Gasteiger partial charge in [0.15, 0.2) is 0 Å². The van der Waals surface area contributed by atoms with E-state index in [9.17, 15) is 4.79 Å². The van der Waals surface area contributed by atoms with Gasteiger partial charge < -0.3 is 4.98 Å². The summed E-state index contributed by atoms with van der Waals surface area (Å²) in [4.78, 5) is 20.7. The van der Waals surface area contributed by atoms with Gasteiger partial charge in [-0.3, -0.25) is 4.79 Å². The zero-order valence-corrected chi connectivity index (χ0v) is 12.0. The molecule has 19 heavy (non-hydrogen) atoms. The number of nitrogens with zero attached hydrogens (tertiary/aromatic N) is 1. The molecular weight excluding hydrogens is 276 g/mol. The van der Waals surface area contributed by atoms with Crippen LogP contribution in [0.3, 0.4) is 0 Å². The number of H-pyrrole nitrogens is 1. The van der Waals surface area contributed by atoms with Gasteiger partial charge >= 0.3 is 0 Å². The summed E-state index contributed by atoms with van der Waals surface area (Å²) in [6.45, 7) is 0. The maximum atomic E-state index is 12.0. The topological polar surface area (TPSA) is 45.8 Å². The third kappa shape index (κ3) is 3.04. The van der Waals surface area contributed by atoms with E-state index in [1.165, 1.54) is 4.90 Å². The lowest BCUT2D eigenvalue weighted by molar-refractivity contribution is 0.884. The maximum absolute atomic E-state index is 12.0. The minimum Gasteiger partial charge on any atom is -0.310 e. The fourth-order valence-corrected chi connectivity index (χ4v) is 3.80. The largest absolute Gasteiger partial charge is 0.310 e. The van der Waals surface area contributed by atoms with Gasteiger partial charge in [0.05, 0.1) is 11.4 Å². The zero-order chi connectivity index (χ0) is 13.1. The molecule has 0 aliphatic carbocycles. The molecule has 3 nitrogen and oxygen atoms in total. The van der Waals surface area contributed by atoms with Crippen LogP contribution in [-0.4, -0.2) is 15.7 Å². The second kappa shape index (κ2) is 5.84. The molecule has 5 heteroatoms. The van der Waals surface area contributed by atoms with Gasteiger partial charge in [0.2, 0.25) is 0 Å². The molecule has 0 bridgehead atoms. The number of fused-ring (bicyclic) bond motifs is 1. The summed E-state index contributed by atoms with van der Waals surface area (Å²) >= 11 is 3.50. The first-order valence-electron chi connectivity index (χ1n) is 6.19. The van der Waals surface area contributed by atoms with Gasteiger partial charge in [-0.15, -0.1) is 11.8 Å². The Balaban J connectivity index is 1.78. The van der Waals surface area contributed by atoms with E-state index in [0.717, 1.165) is 35.0 Å². The predicted molar refractivity (Wildman–Crippen MR) is 80.7 cm³/mol. The van der Waals surface area contributed by atoms with Crippen molar-refractivity contribution in [3.63, 3.8) is 0 Å². The lowest BCUT2D eigenvalue weighted by Gasteiger charge is -2.14. The summed E-state index contributed by atoms with van der Waals surface area (Å²) in [6, 6.07) is 10.2. The van der Waals surface area contributed by atoms with E-state index in [2.05, 4.69) is 22.1 Å². The van der Waals surface area contributed by atoms with Crippen LogP contribution >= 0.6 is 23.5 Å². The van der Waals surface area contributed by atoms with E-state index in [1.807, 2.05) is 18.2 Å². The predicted octanol–water partition coefficient (Wildman–Crippen LogP) is 2.85. The molecule has 0 saturated carbocycles. The Morgan fingerprint density at radius 1 is 1.32 bits per heavy atom. The molecule has 0 atom stereocenters. The van der Waals surface area contributed by atoms with Crippen LogP contribution in [0.4, 0.5) is 0 Å². The van der Waals surface area contributed by atoms with Crippen molar-refractivity contribution < 1.29 is 0 Å². The molecule has 0 saturated heterocycles. The average molecular weight is 290 g/mol. The first-order chi connectivity index (χ1) is 9.33. The van der Waals surface area contributed by atoms with Crippen LogP contribution in [0, 0.1) is 0 Å². The number of nitrogens with one attached hydrogen (secondary N) is 1. The molecule has 1 N–H and O–H groups in total. The van der Waals surface area contributed by atoms with Gasteiger partial charge in [-0.1, -0.05) is 18.2 Å². The van der Waals surface area contributed by atoms with Crippen molar-refractivity contribution in [2.75, 3.05) is 5.75 Å². The second-order valence-electron chi connectivity index (χ2n) is 4.34. The molecule has 1 aliphatic rings. The summed E-state index contributed by atoms with van der Waals surface area (Å²) < 4.78 is 0. The molecule has 0 unspecified atom stereocenters. The Hall–Kier alpha value is -1.20. The Morgan fingerprint density at radius 3 is 3.00 bits per heavy atom. The second-order valence-corrected chi connectivity index (χ2v) is 6.50. The number of aromatic amines is 1. The highest BCUT2D eigenvalue weighted by atomic mass is 32.2. The molecule has 1 aromatic heterocycles. The van der Waals surface area contributed by atoms with Crippen molar-refractivity contribution in [3.8, 4) is 0 Å². The van der Waals surface area contributed by atoms with Crippen molar-refractivity contribution in [1.29, 1.82) is 0 Å². The van der Waals surface area contributed by atoms with Crippen LogP contribution in [0.25, 0.3) is 0 Å². The Morgan fingerprint density at radius 2 is 2.16 bits per heavy atom. The first-order valence-corrected chi connectivity index (χ1v) is 8.33. The monoisotopic (exact) mass is 290 g/mol. The fraction of sp³-hybridized carbons (Fsp3) is 0.286. The van der Waals surface area contributed by atoms with E-state index >= 15 is 0 Å². The minimum atomic E-state index is 0.0425. The molecule has 0 radical (unpaired) electrons. The van der Waals surface area contributed by atoms with E-state index in [0.29, 0.717) is 5.75 Å². The first kappa shape index (κ1) is 12.8. The molecular formula is C14H14N2OS2. The molecule has 1 aromatic carbocycles. The van der Waals surface area contributed by atoms with Crippen LogP contribution < -0.4 is 5.56 Å². The summed E-state index contributed by atoms with van der Waals surface area (Å²) in [5.74, 6) is 3.35. The lowest BCUT2D eigenvalue weighted by atomic mass is 10.2. The van der Waals surface area contributed by atoms with Crippen molar-refractivity contribution in [2.45, 2.75) is 22.8 Å². The van der Waals surface area contributed by atoms with Crippen LogP contribution in [0.1, 0.15) is 17.1 Å². The van der Waals surface area contributed by atoms with Gasteiger partial charge in [0.1, 0.15) is 5.82 Å². The molecule has 0 fully saturated rings.